The molecule has 4 heteroatoms. The highest BCUT2D eigenvalue weighted by atomic mass is 35.5. The van der Waals surface area contributed by atoms with Crippen molar-refractivity contribution in [2.75, 3.05) is 11.4 Å². The monoisotopic (exact) mass is 225 g/mol. The molecule has 15 heavy (non-hydrogen) atoms. The summed E-state index contributed by atoms with van der Waals surface area (Å²) in [5, 5.41) is 0.558. The topological polar surface area (TPSA) is 29.0 Å². The molecule has 0 bridgehead atoms. The summed E-state index contributed by atoms with van der Waals surface area (Å²) >= 11 is 6.01. The molecule has 1 aliphatic heterocycles. The second-order valence-corrected chi connectivity index (χ2v) is 5.04. The summed E-state index contributed by atoms with van der Waals surface area (Å²) in [5.41, 5.74) is 1.16. The predicted molar refractivity (Wildman–Crippen MR) is 62.4 cm³/mol. The molecule has 1 fully saturated rings. The van der Waals surface area contributed by atoms with Crippen LogP contribution in [0.15, 0.2) is 6.33 Å². The van der Waals surface area contributed by atoms with Crippen molar-refractivity contribution in [2.24, 2.45) is 0 Å². The summed E-state index contributed by atoms with van der Waals surface area (Å²) in [5.74, 6) is 0.984. The molecule has 2 heterocycles. The Labute approximate surface area is 95.5 Å². The van der Waals surface area contributed by atoms with E-state index in [2.05, 4.69) is 28.7 Å². The molecule has 0 N–H and O–H groups in total. The fourth-order valence-corrected chi connectivity index (χ4v) is 2.32. The fraction of sp³-hybridized carbons (Fsp3) is 0.636. The van der Waals surface area contributed by atoms with Gasteiger partial charge in [-0.25, -0.2) is 9.97 Å². The number of halogens is 1. The number of hydrogen-bond acceptors (Lipinski definition) is 3. The van der Waals surface area contributed by atoms with Crippen molar-refractivity contribution in [3.05, 3.63) is 17.0 Å². The molecule has 1 saturated heterocycles. The zero-order chi connectivity index (χ0) is 11.1. The van der Waals surface area contributed by atoms with Gasteiger partial charge in [-0.3, -0.25) is 0 Å². The minimum atomic E-state index is 0.183. The van der Waals surface area contributed by atoms with Gasteiger partial charge in [0.2, 0.25) is 0 Å². The van der Waals surface area contributed by atoms with Crippen LogP contribution in [-0.4, -0.2) is 22.1 Å². The van der Waals surface area contributed by atoms with Gasteiger partial charge in [0.25, 0.3) is 0 Å². The van der Waals surface area contributed by atoms with Crippen LogP contribution in [-0.2, 0) is 0 Å². The molecule has 82 valence electrons. The Hall–Kier alpha value is -0.830. The Morgan fingerprint density at radius 3 is 2.73 bits per heavy atom. The number of anilines is 1. The highest BCUT2D eigenvalue weighted by Crippen LogP contribution is 2.34. The summed E-state index contributed by atoms with van der Waals surface area (Å²) in [6, 6.07) is 0. The maximum absolute atomic E-state index is 6.01. The molecule has 0 atom stereocenters. The van der Waals surface area contributed by atoms with E-state index in [1.54, 1.807) is 6.33 Å². The zero-order valence-corrected chi connectivity index (χ0v) is 10.2. The van der Waals surface area contributed by atoms with E-state index in [0.29, 0.717) is 5.15 Å². The molecule has 2 rings (SSSR count). The summed E-state index contributed by atoms with van der Waals surface area (Å²) in [6.07, 6.45) is 3.96. The van der Waals surface area contributed by atoms with E-state index in [4.69, 9.17) is 11.6 Å². The van der Waals surface area contributed by atoms with E-state index in [1.807, 2.05) is 6.92 Å². The molecule has 0 saturated carbocycles. The van der Waals surface area contributed by atoms with Crippen LogP contribution in [0.3, 0.4) is 0 Å². The number of rotatable bonds is 1. The first kappa shape index (κ1) is 10.7. The molecule has 1 aromatic heterocycles. The fourth-order valence-electron chi connectivity index (χ4n) is 2.19. The van der Waals surface area contributed by atoms with Crippen LogP contribution in [0.5, 0.6) is 0 Å². The van der Waals surface area contributed by atoms with Gasteiger partial charge in [-0.1, -0.05) is 11.6 Å². The molecular formula is C11H16ClN3. The Morgan fingerprint density at radius 1 is 1.40 bits per heavy atom. The molecule has 0 spiro atoms. The molecule has 1 aliphatic rings. The lowest BCUT2D eigenvalue weighted by molar-refractivity contribution is 0.513. The van der Waals surface area contributed by atoms with Gasteiger partial charge in [-0.2, -0.15) is 0 Å². The number of hydrogen-bond donors (Lipinski definition) is 0. The average Bonchev–Trinajstić information content (AvgIpc) is 2.50. The normalized spacial score (nSPS) is 19.6. The van der Waals surface area contributed by atoms with Crippen molar-refractivity contribution >= 4 is 17.4 Å². The molecule has 0 aliphatic carbocycles. The van der Waals surface area contributed by atoms with Gasteiger partial charge >= 0.3 is 0 Å². The van der Waals surface area contributed by atoms with Crippen molar-refractivity contribution in [1.82, 2.24) is 9.97 Å². The summed E-state index contributed by atoms with van der Waals surface area (Å²) in [6.45, 7) is 7.53. The van der Waals surface area contributed by atoms with Gasteiger partial charge in [0.15, 0.2) is 0 Å². The van der Waals surface area contributed by atoms with Gasteiger partial charge in [-0.15, -0.1) is 0 Å². The van der Waals surface area contributed by atoms with Crippen LogP contribution >= 0.6 is 11.6 Å². The van der Waals surface area contributed by atoms with Crippen molar-refractivity contribution in [3.8, 4) is 0 Å². The smallest absolute Gasteiger partial charge is 0.137 e. The third-order valence-corrected chi connectivity index (χ3v) is 3.53. The summed E-state index contributed by atoms with van der Waals surface area (Å²) in [4.78, 5) is 10.7. The van der Waals surface area contributed by atoms with E-state index in [0.717, 1.165) is 17.9 Å². The van der Waals surface area contributed by atoms with Gasteiger partial charge < -0.3 is 4.90 Å². The van der Waals surface area contributed by atoms with Crippen LogP contribution in [0, 0.1) is 6.92 Å². The molecule has 0 unspecified atom stereocenters. The third-order valence-electron chi connectivity index (χ3n) is 3.15. The van der Waals surface area contributed by atoms with Crippen molar-refractivity contribution < 1.29 is 0 Å². The van der Waals surface area contributed by atoms with Crippen LogP contribution in [0.2, 0.25) is 5.15 Å². The Balaban J connectivity index is 2.41. The van der Waals surface area contributed by atoms with Crippen molar-refractivity contribution in [3.63, 3.8) is 0 Å². The standard InChI is InChI=1S/C11H16ClN3/c1-8-9(12)13-7-14-10(8)15-6-4-5-11(15,2)3/h7H,4-6H2,1-3H3. The van der Waals surface area contributed by atoms with E-state index in [-0.39, 0.29) is 5.54 Å². The molecule has 0 amide bonds. The molecule has 0 aromatic carbocycles. The molecule has 3 nitrogen and oxygen atoms in total. The van der Waals surface area contributed by atoms with E-state index < -0.39 is 0 Å². The van der Waals surface area contributed by atoms with Crippen LogP contribution < -0.4 is 4.90 Å². The Bertz CT molecular complexity index is 376. The second kappa shape index (κ2) is 3.63. The van der Waals surface area contributed by atoms with Crippen LogP contribution in [0.25, 0.3) is 0 Å². The van der Waals surface area contributed by atoms with E-state index in [1.165, 1.54) is 12.8 Å². The van der Waals surface area contributed by atoms with Gasteiger partial charge in [-0.05, 0) is 33.6 Å². The van der Waals surface area contributed by atoms with Gasteiger partial charge in [0.1, 0.15) is 17.3 Å². The first-order chi connectivity index (χ1) is 7.02. The maximum Gasteiger partial charge on any atom is 0.137 e. The van der Waals surface area contributed by atoms with Gasteiger partial charge in [0.05, 0.1) is 0 Å². The van der Waals surface area contributed by atoms with Crippen molar-refractivity contribution in [1.29, 1.82) is 0 Å². The first-order valence-electron chi connectivity index (χ1n) is 5.27. The van der Waals surface area contributed by atoms with E-state index in [9.17, 15) is 0 Å². The number of aromatic nitrogens is 2. The second-order valence-electron chi connectivity index (χ2n) is 4.68. The quantitative estimate of drug-likeness (QED) is 0.689. The molecule has 0 radical (unpaired) electrons. The van der Waals surface area contributed by atoms with Crippen LogP contribution in [0.4, 0.5) is 5.82 Å². The van der Waals surface area contributed by atoms with E-state index >= 15 is 0 Å². The highest BCUT2D eigenvalue weighted by molar-refractivity contribution is 6.30. The third kappa shape index (κ3) is 1.81. The van der Waals surface area contributed by atoms with Crippen LogP contribution in [0.1, 0.15) is 32.3 Å². The molecule has 1 aromatic rings. The Kier molecular flexibility index (Phi) is 2.59. The lowest BCUT2D eigenvalue weighted by Gasteiger charge is -2.33. The highest BCUT2D eigenvalue weighted by Gasteiger charge is 2.33. The predicted octanol–water partition coefficient (Wildman–Crippen LogP) is 2.82. The minimum Gasteiger partial charge on any atom is -0.351 e. The summed E-state index contributed by atoms with van der Waals surface area (Å²) in [7, 11) is 0. The first-order valence-corrected chi connectivity index (χ1v) is 5.65. The lowest BCUT2D eigenvalue weighted by atomic mass is 10.0. The largest absolute Gasteiger partial charge is 0.351 e. The minimum absolute atomic E-state index is 0.183. The lowest BCUT2D eigenvalue weighted by Crippen LogP contribution is -2.39. The van der Waals surface area contributed by atoms with Crippen molar-refractivity contribution in [2.45, 2.75) is 39.2 Å². The molecular weight excluding hydrogens is 210 g/mol. The SMILES string of the molecule is Cc1c(Cl)ncnc1N1CCCC1(C)C. The Morgan fingerprint density at radius 2 is 2.13 bits per heavy atom. The number of nitrogens with zero attached hydrogens (tertiary/aromatic N) is 3. The zero-order valence-electron chi connectivity index (χ0n) is 9.42. The average molecular weight is 226 g/mol. The maximum atomic E-state index is 6.01. The summed E-state index contributed by atoms with van der Waals surface area (Å²) < 4.78 is 0. The van der Waals surface area contributed by atoms with Gasteiger partial charge in [0, 0.05) is 17.6 Å².